The molecule has 8 heteroatoms. The zero-order valence-electron chi connectivity index (χ0n) is 14.0. The van der Waals surface area contributed by atoms with Crippen molar-refractivity contribution in [1.82, 2.24) is 10.6 Å². The minimum atomic E-state index is 0. The van der Waals surface area contributed by atoms with Crippen molar-refractivity contribution >= 4 is 49.6 Å². The maximum atomic E-state index is 6.19. The van der Waals surface area contributed by atoms with Crippen molar-refractivity contribution in [2.75, 3.05) is 6.54 Å². The van der Waals surface area contributed by atoms with Crippen LogP contribution in [0.1, 0.15) is 58.3 Å². The fourth-order valence-corrected chi connectivity index (χ4v) is 3.53. The summed E-state index contributed by atoms with van der Waals surface area (Å²) in [5.74, 6) is 0. The molecule has 0 aliphatic heterocycles. The van der Waals surface area contributed by atoms with Gasteiger partial charge in [-0.05, 0) is 32.6 Å². The Bertz CT molecular complexity index is 274. The highest BCUT2D eigenvalue weighted by molar-refractivity contribution is 5.86. The van der Waals surface area contributed by atoms with Gasteiger partial charge in [-0.25, -0.2) is 0 Å². The van der Waals surface area contributed by atoms with Crippen LogP contribution in [0, 0.1) is 0 Å². The van der Waals surface area contributed by atoms with Gasteiger partial charge in [0.1, 0.15) is 0 Å². The maximum absolute atomic E-state index is 6.19. The summed E-state index contributed by atoms with van der Waals surface area (Å²) >= 11 is 0. The van der Waals surface area contributed by atoms with E-state index in [1.54, 1.807) is 0 Å². The molecule has 0 aromatic rings. The lowest BCUT2D eigenvalue weighted by Gasteiger charge is -2.34. The van der Waals surface area contributed by atoms with Gasteiger partial charge in [0.15, 0.2) is 0 Å². The molecule has 4 nitrogen and oxygen atoms in total. The van der Waals surface area contributed by atoms with Crippen LogP contribution in [-0.2, 0) is 0 Å². The Hall–Kier alpha value is 1.00. The van der Waals surface area contributed by atoms with Gasteiger partial charge in [-0.2, -0.15) is 0 Å². The summed E-state index contributed by atoms with van der Waals surface area (Å²) in [7, 11) is 0. The Labute approximate surface area is 166 Å². The largest absolute Gasteiger partial charge is 0.326 e. The summed E-state index contributed by atoms with van der Waals surface area (Å²) < 4.78 is 0. The van der Waals surface area contributed by atoms with Crippen LogP contribution in [0.4, 0.5) is 0 Å². The van der Waals surface area contributed by atoms with Gasteiger partial charge in [-0.1, -0.05) is 25.7 Å². The average molecular weight is 414 g/mol. The fourth-order valence-electron chi connectivity index (χ4n) is 3.53. The van der Waals surface area contributed by atoms with Gasteiger partial charge in [0.05, 0.1) is 0 Å². The fraction of sp³-hybridized carbons (Fsp3) is 1.00. The molecule has 0 aromatic heterocycles. The topological polar surface area (TPSA) is 76.1 Å². The van der Waals surface area contributed by atoms with Gasteiger partial charge < -0.3 is 22.1 Å². The molecule has 0 aromatic carbocycles. The van der Waals surface area contributed by atoms with Crippen molar-refractivity contribution in [3.63, 3.8) is 0 Å². The van der Waals surface area contributed by atoms with Gasteiger partial charge in [0, 0.05) is 36.8 Å². The Morgan fingerprint density at radius 3 is 1.70 bits per heavy atom. The molecule has 0 heterocycles. The van der Waals surface area contributed by atoms with E-state index in [9.17, 15) is 0 Å². The summed E-state index contributed by atoms with van der Waals surface area (Å²) in [6, 6.07) is 2.18. The molecule has 5 atom stereocenters. The first-order chi connectivity index (χ1) is 9.16. The summed E-state index contributed by atoms with van der Waals surface area (Å²) in [6.07, 6.45) is 10.0. The monoisotopic (exact) mass is 412 g/mol. The highest BCUT2D eigenvalue weighted by Gasteiger charge is 2.24. The molecule has 0 saturated heterocycles. The van der Waals surface area contributed by atoms with Crippen molar-refractivity contribution in [3.8, 4) is 0 Å². The normalized spacial score (nSPS) is 31.4. The van der Waals surface area contributed by atoms with Gasteiger partial charge >= 0.3 is 0 Å². The molecule has 2 saturated carbocycles. The molecule has 0 unspecified atom stereocenters. The number of nitrogens with two attached hydrogens (primary N) is 2. The molecular formula is C15H36Cl4N4. The van der Waals surface area contributed by atoms with E-state index < -0.39 is 0 Å². The standard InChI is InChI=1S/C15H32N4.4ClH/c1-11(19-15-9-5-3-7-13(15)17)10-18-14-8-4-2-6-12(14)16;;;;/h11-15,18-19H,2-10,16-17H2,1H3;4*1H/t11-,12-,13-,14-,15-;;;;/m1..../s1. The van der Waals surface area contributed by atoms with E-state index >= 15 is 0 Å². The molecule has 2 aliphatic rings. The molecular weight excluding hydrogens is 378 g/mol. The minimum Gasteiger partial charge on any atom is -0.326 e. The first-order valence-corrected chi connectivity index (χ1v) is 8.17. The summed E-state index contributed by atoms with van der Waals surface area (Å²) in [5.41, 5.74) is 12.4. The van der Waals surface area contributed by atoms with Crippen LogP contribution in [-0.4, -0.2) is 36.8 Å². The second-order valence-corrected chi connectivity index (χ2v) is 6.59. The Balaban J connectivity index is -0.000001000. The first-order valence-electron chi connectivity index (χ1n) is 8.17. The Morgan fingerprint density at radius 1 is 0.783 bits per heavy atom. The minimum absolute atomic E-state index is 0. The van der Waals surface area contributed by atoms with E-state index in [-0.39, 0.29) is 49.6 Å². The SMILES string of the molecule is C[C@H](CN[C@@H]1CCCC[C@H]1N)N[C@@H]1CCCC[C@H]1N.Cl.Cl.Cl.Cl. The summed E-state index contributed by atoms with van der Waals surface area (Å²) in [4.78, 5) is 0. The third kappa shape index (κ3) is 9.91. The molecule has 144 valence electrons. The van der Waals surface area contributed by atoms with Crippen molar-refractivity contribution in [3.05, 3.63) is 0 Å². The van der Waals surface area contributed by atoms with Gasteiger partial charge in [0.25, 0.3) is 0 Å². The van der Waals surface area contributed by atoms with Crippen molar-refractivity contribution in [1.29, 1.82) is 0 Å². The number of hydrogen-bond acceptors (Lipinski definition) is 4. The van der Waals surface area contributed by atoms with Gasteiger partial charge in [0.2, 0.25) is 0 Å². The zero-order valence-corrected chi connectivity index (χ0v) is 17.3. The second-order valence-electron chi connectivity index (χ2n) is 6.59. The van der Waals surface area contributed by atoms with E-state index in [1.807, 2.05) is 0 Å². The zero-order chi connectivity index (χ0) is 13.7. The van der Waals surface area contributed by atoms with Crippen LogP contribution >= 0.6 is 49.6 Å². The predicted octanol–water partition coefficient (Wildman–Crippen LogP) is 2.78. The van der Waals surface area contributed by atoms with Crippen LogP contribution in [0.25, 0.3) is 0 Å². The van der Waals surface area contributed by atoms with E-state index in [0.717, 1.165) is 6.54 Å². The molecule has 0 amide bonds. The van der Waals surface area contributed by atoms with E-state index in [1.165, 1.54) is 51.4 Å². The molecule has 23 heavy (non-hydrogen) atoms. The maximum Gasteiger partial charge on any atom is 0.0222 e. The molecule has 2 rings (SSSR count). The first kappa shape index (κ1) is 28.8. The second kappa shape index (κ2) is 15.3. The van der Waals surface area contributed by atoms with Crippen LogP contribution < -0.4 is 22.1 Å². The highest BCUT2D eigenvalue weighted by atomic mass is 35.5. The number of nitrogens with one attached hydrogen (secondary N) is 2. The third-order valence-corrected chi connectivity index (χ3v) is 4.82. The van der Waals surface area contributed by atoms with E-state index in [0.29, 0.717) is 30.2 Å². The lowest BCUT2D eigenvalue weighted by Crippen LogP contribution is -2.55. The smallest absolute Gasteiger partial charge is 0.0222 e. The average Bonchev–Trinajstić information content (AvgIpc) is 2.40. The number of rotatable bonds is 5. The highest BCUT2D eigenvalue weighted by Crippen LogP contribution is 2.18. The molecule has 0 spiro atoms. The molecule has 2 fully saturated rings. The lowest BCUT2D eigenvalue weighted by atomic mass is 9.90. The summed E-state index contributed by atoms with van der Waals surface area (Å²) in [5, 5.41) is 7.34. The predicted molar refractivity (Wildman–Crippen MR) is 110 cm³/mol. The molecule has 2 aliphatic carbocycles. The number of hydrogen-bond donors (Lipinski definition) is 4. The van der Waals surface area contributed by atoms with Gasteiger partial charge in [-0.15, -0.1) is 49.6 Å². The molecule has 0 radical (unpaired) electrons. The quantitative estimate of drug-likeness (QED) is 0.558. The van der Waals surface area contributed by atoms with Crippen LogP contribution in [0.3, 0.4) is 0 Å². The summed E-state index contributed by atoms with van der Waals surface area (Å²) in [6.45, 7) is 3.25. The Morgan fingerprint density at radius 2 is 1.22 bits per heavy atom. The van der Waals surface area contributed by atoms with E-state index in [2.05, 4.69) is 17.6 Å². The lowest BCUT2D eigenvalue weighted by molar-refractivity contribution is 0.280. The third-order valence-electron chi connectivity index (χ3n) is 4.82. The number of halogens is 4. The van der Waals surface area contributed by atoms with Crippen molar-refractivity contribution in [2.45, 2.75) is 88.5 Å². The van der Waals surface area contributed by atoms with Crippen molar-refractivity contribution in [2.24, 2.45) is 11.5 Å². The molecule has 6 N–H and O–H groups in total. The van der Waals surface area contributed by atoms with Crippen LogP contribution in [0.5, 0.6) is 0 Å². The van der Waals surface area contributed by atoms with Crippen molar-refractivity contribution < 1.29 is 0 Å². The van der Waals surface area contributed by atoms with E-state index in [4.69, 9.17) is 11.5 Å². The van der Waals surface area contributed by atoms with Gasteiger partial charge in [-0.3, -0.25) is 0 Å². The van der Waals surface area contributed by atoms with Crippen LogP contribution in [0.15, 0.2) is 0 Å². The Kier molecular flexibility index (Phi) is 19.1. The van der Waals surface area contributed by atoms with Crippen LogP contribution in [0.2, 0.25) is 0 Å². The molecule has 0 bridgehead atoms.